The van der Waals surface area contributed by atoms with Crippen molar-refractivity contribution in [3.05, 3.63) is 23.8 Å². The van der Waals surface area contributed by atoms with Crippen molar-refractivity contribution in [3.8, 4) is 11.5 Å². The van der Waals surface area contributed by atoms with Crippen molar-refractivity contribution in [3.63, 3.8) is 0 Å². The van der Waals surface area contributed by atoms with Crippen molar-refractivity contribution in [2.75, 3.05) is 34.0 Å². The summed E-state index contributed by atoms with van der Waals surface area (Å²) in [7, 11) is 3.24. The van der Waals surface area contributed by atoms with Crippen LogP contribution in [0.5, 0.6) is 11.5 Å². The Kier molecular flexibility index (Phi) is 9.41. The number of hydrogen-bond donors (Lipinski definition) is 1. The molecule has 29 heavy (non-hydrogen) atoms. The monoisotopic (exact) mass is 406 g/mol. The number of rotatable bonds is 11. The lowest BCUT2D eigenvalue weighted by molar-refractivity contribution is -0.108. The van der Waals surface area contributed by atoms with Crippen LogP contribution in [0.15, 0.2) is 18.2 Å². The van der Waals surface area contributed by atoms with Gasteiger partial charge in [-0.2, -0.15) is 0 Å². The lowest BCUT2D eigenvalue weighted by atomic mass is 9.96. The van der Waals surface area contributed by atoms with Crippen LogP contribution in [0.4, 0.5) is 0 Å². The largest absolute Gasteiger partial charge is 0.493 e. The minimum absolute atomic E-state index is 0.0231. The van der Waals surface area contributed by atoms with Crippen LogP contribution in [0.2, 0.25) is 0 Å². The van der Waals surface area contributed by atoms with Crippen LogP contribution >= 0.6 is 0 Å². The van der Waals surface area contributed by atoms with Crippen molar-refractivity contribution in [2.45, 2.75) is 57.7 Å². The maximum atomic E-state index is 13.3. The second kappa shape index (κ2) is 11.8. The quantitative estimate of drug-likeness (QED) is 0.450. The van der Waals surface area contributed by atoms with Crippen molar-refractivity contribution in [1.82, 2.24) is 10.2 Å². The molecule has 2 rings (SSSR count). The summed E-state index contributed by atoms with van der Waals surface area (Å²) in [6.45, 7) is 5.85. The third-order valence-electron chi connectivity index (χ3n) is 5.22. The Hall–Kier alpha value is -2.12. The van der Waals surface area contributed by atoms with E-state index in [4.69, 9.17) is 14.2 Å². The summed E-state index contributed by atoms with van der Waals surface area (Å²) >= 11 is 0. The zero-order valence-corrected chi connectivity index (χ0v) is 18.0. The van der Waals surface area contributed by atoms with E-state index in [0.717, 1.165) is 25.5 Å². The molecule has 0 aromatic heterocycles. The summed E-state index contributed by atoms with van der Waals surface area (Å²) in [5.41, 5.74) is 0.580. The summed E-state index contributed by atoms with van der Waals surface area (Å²) in [6.07, 6.45) is 3.99. The highest BCUT2D eigenvalue weighted by Gasteiger charge is 2.31. The van der Waals surface area contributed by atoms with E-state index < -0.39 is 0 Å². The first-order chi connectivity index (χ1) is 14.0. The van der Waals surface area contributed by atoms with Gasteiger partial charge in [-0.15, -0.1) is 0 Å². The normalized spacial score (nSPS) is 19.1. The first kappa shape index (κ1) is 23.2. The van der Waals surface area contributed by atoms with Crippen molar-refractivity contribution in [1.29, 1.82) is 0 Å². The molecule has 162 valence electrons. The molecule has 1 amide bonds. The maximum absolute atomic E-state index is 13.3. The number of nitrogens with one attached hydrogen (secondary N) is 1. The number of ether oxygens (including phenoxy) is 3. The zero-order valence-electron chi connectivity index (χ0n) is 18.0. The highest BCUT2D eigenvalue weighted by atomic mass is 16.5. The van der Waals surface area contributed by atoms with Crippen LogP contribution in [0, 0.1) is 0 Å². The molecule has 0 spiro atoms. The van der Waals surface area contributed by atoms with Gasteiger partial charge in [-0.25, -0.2) is 0 Å². The molecule has 7 heteroatoms. The lowest BCUT2D eigenvalue weighted by Crippen LogP contribution is -2.54. The molecule has 1 N–H and O–H groups in total. The molecule has 1 aromatic rings. The number of piperidine rings is 1. The number of aldehydes is 1. The fourth-order valence-electron chi connectivity index (χ4n) is 3.73. The van der Waals surface area contributed by atoms with E-state index in [2.05, 4.69) is 5.32 Å². The highest BCUT2D eigenvalue weighted by molar-refractivity contribution is 5.95. The van der Waals surface area contributed by atoms with E-state index in [1.807, 2.05) is 18.7 Å². The lowest BCUT2D eigenvalue weighted by Gasteiger charge is -2.39. The topological polar surface area (TPSA) is 77.1 Å². The van der Waals surface area contributed by atoms with Crippen LogP contribution in [-0.2, 0) is 9.53 Å². The van der Waals surface area contributed by atoms with Crippen LogP contribution < -0.4 is 14.8 Å². The summed E-state index contributed by atoms with van der Waals surface area (Å²) in [5.74, 6) is 1.14. The van der Waals surface area contributed by atoms with Gasteiger partial charge in [-0.3, -0.25) is 4.79 Å². The van der Waals surface area contributed by atoms with E-state index >= 15 is 0 Å². The number of benzene rings is 1. The average molecular weight is 407 g/mol. The molecular weight excluding hydrogens is 372 g/mol. The zero-order chi connectivity index (χ0) is 21.2. The third kappa shape index (κ3) is 6.44. The first-order valence-electron chi connectivity index (χ1n) is 10.3. The van der Waals surface area contributed by atoms with Crippen molar-refractivity contribution in [2.24, 2.45) is 0 Å². The molecule has 1 aliphatic rings. The number of amides is 1. The summed E-state index contributed by atoms with van der Waals surface area (Å²) in [5, 5.41) is 3.40. The molecule has 1 fully saturated rings. The number of carbonyl (C=O) groups excluding carboxylic acids is 2. The fourth-order valence-corrected chi connectivity index (χ4v) is 3.73. The van der Waals surface area contributed by atoms with Gasteiger partial charge in [-0.1, -0.05) is 0 Å². The Balaban J connectivity index is 2.13. The summed E-state index contributed by atoms with van der Waals surface area (Å²) in [4.78, 5) is 26.0. The molecule has 0 unspecified atom stereocenters. The Morgan fingerprint density at radius 3 is 2.62 bits per heavy atom. The van der Waals surface area contributed by atoms with E-state index in [0.29, 0.717) is 43.2 Å². The Bertz CT molecular complexity index is 657. The van der Waals surface area contributed by atoms with Crippen LogP contribution in [0.1, 0.15) is 49.9 Å². The Morgan fingerprint density at radius 1 is 1.24 bits per heavy atom. The fraction of sp³-hybridized carbons (Fsp3) is 0.636. The highest BCUT2D eigenvalue weighted by Crippen LogP contribution is 2.30. The Morgan fingerprint density at radius 2 is 2.03 bits per heavy atom. The summed E-state index contributed by atoms with van der Waals surface area (Å²) < 4.78 is 16.3. The van der Waals surface area contributed by atoms with Crippen molar-refractivity contribution < 1.29 is 23.8 Å². The predicted molar refractivity (Wildman–Crippen MR) is 112 cm³/mol. The van der Waals surface area contributed by atoms with Gasteiger partial charge in [0.1, 0.15) is 6.29 Å². The number of methoxy groups -OCH3 is 2. The standard InChI is InChI=1S/C22H34N2O5/c1-16(2)24(19-8-7-18(10-11-25)23-15-19)22(26)17-6-9-20(28-4)21(14-17)29-13-5-12-27-3/h6,9,11,14,16,18-19,23H,5,7-8,10,12-13,15H2,1-4H3/t18-,19-/m1/s1. The molecule has 1 heterocycles. The summed E-state index contributed by atoms with van der Waals surface area (Å²) in [6, 6.07) is 5.68. The van der Waals surface area contributed by atoms with Crippen molar-refractivity contribution >= 4 is 12.2 Å². The molecule has 0 bridgehead atoms. The van der Waals surface area contributed by atoms with Gasteiger partial charge >= 0.3 is 0 Å². The van der Waals surface area contributed by atoms with Gasteiger partial charge < -0.3 is 29.2 Å². The van der Waals surface area contributed by atoms with E-state index in [1.54, 1.807) is 32.4 Å². The molecular formula is C22H34N2O5. The molecule has 1 saturated heterocycles. The van der Waals surface area contributed by atoms with Gasteiger partial charge in [0.05, 0.1) is 13.7 Å². The van der Waals surface area contributed by atoms with Gasteiger partial charge in [0.25, 0.3) is 5.91 Å². The average Bonchev–Trinajstić information content (AvgIpc) is 2.72. The smallest absolute Gasteiger partial charge is 0.254 e. The first-order valence-corrected chi connectivity index (χ1v) is 10.3. The van der Waals surface area contributed by atoms with Crippen LogP contribution in [-0.4, -0.2) is 69.2 Å². The minimum Gasteiger partial charge on any atom is -0.493 e. The van der Waals surface area contributed by atoms with Crippen LogP contribution in [0.3, 0.4) is 0 Å². The number of carbonyl (C=O) groups is 2. The maximum Gasteiger partial charge on any atom is 0.254 e. The third-order valence-corrected chi connectivity index (χ3v) is 5.22. The molecule has 0 saturated carbocycles. The minimum atomic E-state index is -0.0231. The van der Waals surface area contributed by atoms with E-state index in [1.165, 1.54) is 0 Å². The molecule has 0 radical (unpaired) electrons. The van der Waals surface area contributed by atoms with Crippen LogP contribution in [0.25, 0.3) is 0 Å². The van der Waals surface area contributed by atoms with Gasteiger partial charge in [0, 0.05) is 56.8 Å². The number of nitrogens with zero attached hydrogens (tertiary/aromatic N) is 1. The van der Waals surface area contributed by atoms with E-state index in [-0.39, 0.29) is 24.0 Å². The Labute approximate surface area is 173 Å². The SMILES string of the molecule is COCCCOc1cc(C(=O)N(C(C)C)[C@@H]2CC[C@H](CC=O)NC2)ccc1OC. The number of hydrogen-bond acceptors (Lipinski definition) is 6. The predicted octanol–water partition coefficient (Wildman–Crippen LogP) is 2.67. The van der Waals surface area contributed by atoms with E-state index in [9.17, 15) is 9.59 Å². The molecule has 2 atom stereocenters. The second-order valence-corrected chi connectivity index (χ2v) is 7.61. The molecule has 1 aromatic carbocycles. The second-order valence-electron chi connectivity index (χ2n) is 7.61. The van der Waals surface area contributed by atoms with Gasteiger partial charge in [0.2, 0.25) is 0 Å². The molecule has 1 aliphatic heterocycles. The van der Waals surface area contributed by atoms with Gasteiger partial charge in [0.15, 0.2) is 11.5 Å². The van der Waals surface area contributed by atoms with Gasteiger partial charge in [-0.05, 0) is 44.9 Å². The molecule has 0 aliphatic carbocycles. The molecule has 7 nitrogen and oxygen atoms in total.